The van der Waals surface area contributed by atoms with E-state index in [-0.39, 0.29) is 29.7 Å². The molecule has 0 aliphatic heterocycles. The number of rotatable bonds is 11. The molecule has 0 aliphatic carbocycles. The number of phenols is 2. The number of benzene rings is 3. The van der Waals surface area contributed by atoms with Gasteiger partial charge in [0.1, 0.15) is 23.0 Å². The molecule has 198 valence electrons. The zero-order chi connectivity index (χ0) is 27.1. The van der Waals surface area contributed by atoms with Crippen molar-refractivity contribution < 1.29 is 19.7 Å². The number of hydrogen-bond acceptors (Lipinski definition) is 9. The molecule has 3 aromatic carbocycles. The second kappa shape index (κ2) is 12.4. The first-order valence-electron chi connectivity index (χ1n) is 12.7. The van der Waals surface area contributed by atoms with Crippen molar-refractivity contribution in [1.82, 2.24) is 15.0 Å². The highest BCUT2D eigenvalue weighted by molar-refractivity contribution is 5.73. The fraction of sp³-hybridized carbons (Fsp3) is 0.276. The van der Waals surface area contributed by atoms with Gasteiger partial charge in [0.15, 0.2) is 17.5 Å². The van der Waals surface area contributed by atoms with Crippen LogP contribution in [0.5, 0.6) is 23.0 Å². The largest absolute Gasteiger partial charge is 0.507 e. The molecule has 0 saturated carbocycles. The summed E-state index contributed by atoms with van der Waals surface area (Å²) in [7, 11) is 0. The molecular formula is C29H33N5O4. The summed E-state index contributed by atoms with van der Waals surface area (Å²) in [6, 6.07) is 15.7. The van der Waals surface area contributed by atoms with Crippen LogP contribution in [-0.2, 0) is 13.1 Å². The van der Waals surface area contributed by atoms with E-state index in [2.05, 4.69) is 15.0 Å². The van der Waals surface area contributed by atoms with Crippen molar-refractivity contribution in [1.29, 1.82) is 0 Å². The summed E-state index contributed by atoms with van der Waals surface area (Å²) in [6.45, 7) is 5.73. The first kappa shape index (κ1) is 26.8. The van der Waals surface area contributed by atoms with Gasteiger partial charge in [-0.2, -0.15) is 0 Å². The Bertz CT molecular complexity index is 1330. The third-order valence-electron chi connectivity index (χ3n) is 5.87. The van der Waals surface area contributed by atoms with Crippen LogP contribution in [0.2, 0.25) is 0 Å². The van der Waals surface area contributed by atoms with Gasteiger partial charge in [-0.1, -0.05) is 32.0 Å². The molecule has 0 atom stereocenters. The predicted molar refractivity (Wildman–Crippen MR) is 147 cm³/mol. The molecule has 1 aromatic heterocycles. The van der Waals surface area contributed by atoms with Gasteiger partial charge in [0, 0.05) is 30.8 Å². The van der Waals surface area contributed by atoms with Crippen molar-refractivity contribution in [2.24, 2.45) is 11.5 Å². The fourth-order valence-electron chi connectivity index (χ4n) is 3.92. The summed E-state index contributed by atoms with van der Waals surface area (Å²) in [4.78, 5) is 14.0. The van der Waals surface area contributed by atoms with Crippen molar-refractivity contribution in [3.63, 3.8) is 0 Å². The van der Waals surface area contributed by atoms with Gasteiger partial charge >= 0.3 is 0 Å². The Kier molecular flexibility index (Phi) is 8.73. The zero-order valence-corrected chi connectivity index (χ0v) is 21.6. The average molecular weight is 516 g/mol. The summed E-state index contributed by atoms with van der Waals surface area (Å²) < 4.78 is 11.3. The Morgan fingerprint density at radius 3 is 1.53 bits per heavy atom. The Morgan fingerprint density at radius 2 is 1.11 bits per heavy atom. The highest BCUT2D eigenvalue weighted by Gasteiger charge is 2.19. The summed E-state index contributed by atoms with van der Waals surface area (Å²) in [5, 5.41) is 21.7. The van der Waals surface area contributed by atoms with Gasteiger partial charge in [-0.25, -0.2) is 15.0 Å². The molecule has 6 N–H and O–H groups in total. The molecule has 0 spiro atoms. The smallest absolute Gasteiger partial charge is 0.167 e. The van der Waals surface area contributed by atoms with Crippen molar-refractivity contribution in [3.8, 4) is 57.2 Å². The molecule has 4 rings (SSSR count). The van der Waals surface area contributed by atoms with Gasteiger partial charge in [0.2, 0.25) is 0 Å². The van der Waals surface area contributed by atoms with Crippen LogP contribution in [0.4, 0.5) is 0 Å². The van der Waals surface area contributed by atoms with Gasteiger partial charge in [-0.05, 0) is 48.2 Å². The SMILES string of the molecule is CCCOc1ccc(-c2nc(-c3ccc(OCCC)cc3O)nc(-c3ccc(CN)cc3CN)n2)c(O)c1. The number of phenolic OH excluding ortho intramolecular Hbond substituents is 2. The lowest BCUT2D eigenvalue weighted by Gasteiger charge is -2.14. The molecule has 4 aromatic rings. The molecule has 0 aliphatic rings. The number of aromatic hydroxyl groups is 2. The highest BCUT2D eigenvalue weighted by atomic mass is 16.5. The lowest BCUT2D eigenvalue weighted by atomic mass is 10.0. The summed E-state index contributed by atoms with van der Waals surface area (Å²) >= 11 is 0. The first-order chi connectivity index (χ1) is 18.5. The van der Waals surface area contributed by atoms with Gasteiger partial charge in [-0.3, -0.25) is 0 Å². The van der Waals surface area contributed by atoms with Crippen LogP contribution in [0.15, 0.2) is 54.6 Å². The summed E-state index contributed by atoms with van der Waals surface area (Å²) in [5.74, 6) is 1.85. The van der Waals surface area contributed by atoms with Crippen molar-refractivity contribution in [2.75, 3.05) is 13.2 Å². The summed E-state index contributed by atoms with van der Waals surface area (Å²) in [6.07, 6.45) is 1.70. The number of aromatic nitrogens is 3. The van der Waals surface area contributed by atoms with E-state index >= 15 is 0 Å². The topological polar surface area (TPSA) is 150 Å². The Balaban J connectivity index is 1.87. The van der Waals surface area contributed by atoms with Gasteiger partial charge in [0.25, 0.3) is 0 Å². The van der Waals surface area contributed by atoms with E-state index < -0.39 is 0 Å². The van der Waals surface area contributed by atoms with E-state index in [9.17, 15) is 10.2 Å². The van der Waals surface area contributed by atoms with E-state index in [4.69, 9.17) is 20.9 Å². The van der Waals surface area contributed by atoms with Crippen LogP contribution in [-0.4, -0.2) is 38.4 Å². The Morgan fingerprint density at radius 1 is 0.632 bits per heavy atom. The normalized spacial score (nSPS) is 10.9. The number of nitrogens with zero attached hydrogens (tertiary/aromatic N) is 3. The second-order valence-corrected chi connectivity index (χ2v) is 8.76. The molecule has 0 amide bonds. The van der Waals surface area contributed by atoms with Crippen molar-refractivity contribution in [3.05, 3.63) is 65.7 Å². The molecule has 38 heavy (non-hydrogen) atoms. The van der Waals surface area contributed by atoms with Crippen LogP contribution in [0.3, 0.4) is 0 Å². The average Bonchev–Trinajstić information content (AvgIpc) is 2.94. The molecule has 0 saturated heterocycles. The van der Waals surface area contributed by atoms with Crippen molar-refractivity contribution in [2.45, 2.75) is 39.8 Å². The minimum atomic E-state index is -0.0354. The van der Waals surface area contributed by atoms with E-state index in [1.165, 1.54) is 12.1 Å². The fourth-order valence-corrected chi connectivity index (χ4v) is 3.92. The quantitative estimate of drug-likeness (QED) is 0.221. The third-order valence-corrected chi connectivity index (χ3v) is 5.87. The molecule has 0 bridgehead atoms. The van der Waals surface area contributed by atoms with E-state index in [0.29, 0.717) is 53.8 Å². The maximum absolute atomic E-state index is 10.8. The van der Waals surface area contributed by atoms with Crippen LogP contribution in [0.25, 0.3) is 34.2 Å². The highest BCUT2D eigenvalue weighted by Crippen LogP contribution is 2.36. The third kappa shape index (κ3) is 6.01. The van der Waals surface area contributed by atoms with E-state index in [1.54, 1.807) is 24.3 Å². The monoisotopic (exact) mass is 515 g/mol. The Labute approximate surface area is 222 Å². The minimum absolute atomic E-state index is 0.0354. The van der Waals surface area contributed by atoms with E-state index in [0.717, 1.165) is 24.0 Å². The van der Waals surface area contributed by atoms with Gasteiger partial charge in [0.05, 0.1) is 24.3 Å². The van der Waals surface area contributed by atoms with Crippen LogP contribution in [0, 0.1) is 0 Å². The molecule has 0 unspecified atom stereocenters. The maximum Gasteiger partial charge on any atom is 0.167 e. The molecule has 0 radical (unpaired) electrons. The maximum atomic E-state index is 10.8. The second-order valence-electron chi connectivity index (χ2n) is 8.76. The number of nitrogens with two attached hydrogens (primary N) is 2. The molecule has 9 nitrogen and oxygen atoms in total. The molecule has 1 heterocycles. The van der Waals surface area contributed by atoms with Gasteiger partial charge in [-0.15, -0.1) is 0 Å². The molecule has 0 fully saturated rings. The van der Waals surface area contributed by atoms with E-state index in [1.807, 2.05) is 32.0 Å². The predicted octanol–water partition coefficient (Wildman–Crippen LogP) is 4.78. The lowest BCUT2D eigenvalue weighted by molar-refractivity contribution is 0.315. The molecule has 9 heteroatoms. The zero-order valence-electron chi connectivity index (χ0n) is 21.6. The standard InChI is InChI=1S/C29H33N5O4/c1-3-11-37-20-6-9-23(25(35)14-20)28-32-27(22-8-5-18(16-30)13-19(22)17-31)33-29(34-28)24-10-7-21(15-26(24)36)38-12-4-2/h5-10,13-15,35-36H,3-4,11-12,16-17,30-31H2,1-2H3. The number of ether oxygens (including phenoxy) is 2. The Hall–Kier alpha value is -4.21. The number of hydrogen-bond donors (Lipinski definition) is 4. The van der Waals surface area contributed by atoms with Gasteiger partial charge < -0.3 is 31.2 Å². The minimum Gasteiger partial charge on any atom is -0.507 e. The summed E-state index contributed by atoms with van der Waals surface area (Å²) in [5.41, 5.74) is 15.1. The lowest BCUT2D eigenvalue weighted by Crippen LogP contribution is -2.06. The van der Waals surface area contributed by atoms with Crippen LogP contribution < -0.4 is 20.9 Å². The van der Waals surface area contributed by atoms with Crippen LogP contribution >= 0.6 is 0 Å². The molecular weight excluding hydrogens is 482 g/mol. The van der Waals surface area contributed by atoms with Crippen LogP contribution in [0.1, 0.15) is 37.8 Å². The first-order valence-corrected chi connectivity index (χ1v) is 12.7. The van der Waals surface area contributed by atoms with Crippen molar-refractivity contribution >= 4 is 0 Å².